The van der Waals surface area contributed by atoms with Crippen LogP contribution in [-0.4, -0.2) is 23.3 Å². The van der Waals surface area contributed by atoms with Crippen LogP contribution in [0.3, 0.4) is 0 Å². The lowest BCUT2D eigenvalue weighted by atomic mass is 10.1. The number of carbonyl (C=O) groups excluding carboxylic acids is 2. The summed E-state index contributed by atoms with van der Waals surface area (Å²) in [5.41, 5.74) is 2.81. The highest BCUT2D eigenvalue weighted by atomic mass is 35.5. The minimum Gasteiger partial charge on any atom is -0.436 e. The topological polar surface area (TPSA) is 71.5 Å². The summed E-state index contributed by atoms with van der Waals surface area (Å²) in [5, 5.41) is 3.46. The Morgan fingerprint density at radius 3 is 2.83 bits per heavy atom. The molecule has 152 valence electrons. The van der Waals surface area contributed by atoms with E-state index in [2.05, 4.69) is 10.3 Å². The first kappa shape index (κ1) is 19.9. The number of nitrogens with zero attached hydrogens (tertiary/aromatic N) is 2. The lowest BCUT2D eigenvalue weighted by Crippen LogP contribution is -2.35. The van der Waals surface area contributed by atoms with Crippen LogP contribution >= 0.6 is 11.6 Å². The first-order valence-electron chi connectivity index (χ1n) is 9.58. The third-order valence-electron chi connectivity index (χ3n) is 4.85. The molecule has 0 saturated carbocycles. The van der Waals surface area contributed by atoms with Crippen molar-refractivity contribution in [3.8, 4) is 11.6 Å². The van der Waals surface area contributed by atoms with Gasteiger partial charge in [0.05, 0.1) is 5.69 Å². The Morgan fingerprint density at radius 1 is 1.17 bits per heavy atom. The third kappa shape index (κ3) is 4.14. The van der Waals surface area contributed by atoms with Crippen LogP contribution < -0.4 is 15.0 Å². The Labute approximate surface area is 179 Å². The molecular formula is C23H20ClN3O3. The van der Waals surface area contributed by atoms with E-state index in [1.807, 2.05) is 43.3 Å². The number of benzene rings is 2. The molecule has 1 N–H and O–H groups in total. The molecule has 2 amide bonds. The fraction of sp³-hybridized carbons (Fsp3) is 0.174. The van der Waals surface area contributed by atoms with Gasteiger partial charge in [0, 0.05) is 30.7 Å². The average Bonchev–Trinajstić information content (AvgIpc) is 2.86. The van der Waals surface area contributed by atoms with Crippen molar-refractivity contribution in [3.63, 3.8) is 0 Å². The first-order valence-corrected chi connectivity index (χ1v) is 9.96. The van der Waals surface area contributed by atoms with Crippen LogP contribution in [0, 0.1) is 6.92 Å². The second-order valence-corrected chi connectivity index (χ2v) is 7.41. The average molecular weight is 422 g/mol. The predicted octanol–water partition coefficient (Wildman–Crippen LogP) is 4.50. The number of amides is 2. The Balaban J connectivity index is 1.52. The molecule has 4 rings (SSSR count). The van der Waals surface area contributed by atoms with Crippen molar-refractivity contribution < 1.29 is 14.3 Å². The van der Waals surface area contributed by atoms with Crippen molar-refractivity contribution >= 4 is 29.1 Å². The molecule has 0 saturated heterocycles. The summed E-state index contributed by atoms with van der Waals surface area (Å²) in [4.78, 5) is 31.4. The highest BCUT2D eigenvalue weighted by Crippen LogP contribution is 2.38. The van der Waals surface area contributed by atoms with Gasteiger partial charge in [-0.2, -0.15) is 0 Å². The largest absolute Gasteiger partial charge is 0.436 e. The molecule has 0 spiro atoms. The van der Waals surface area contributed by atoms with E-state index in [4.69, 9.17) is 16.3 Å². The van der Waals surface area contributed by atoms with E-state index in [1.165, 1.54) is 0 Å². The van der Waals surface area contributed by atoms with Gasteiger partial charge >= 0.3 is 0 Å². The number of aromatic nitrogens is 1. The maximum Gasteiger partial charge on any atom is 0.263 e. The van der Waals surface area contributed by atoms with Crippen LogP contribution in [-0.2, 0) is 11.3 Å². The van der Waals surface area contributed by atoms with E-state index < -0.39 is 0 Å². The summed E-state index contributed by atoms with van der Waals surface area (Å²) in [7, 11) is 0. The molecule has 0 fully saturated rings. The monoisotopic (exact) mass is 421 g/mol. The highest BCUT2D eigenvalue weighted by molar-refractivity contribution is 6.31. The van der Waals surface area contributed by atoms with Crippen molar-refractivity contribution in [3.05, 3.63) is 82.5 Å². The number of pyridine rings is 1. The van der Waals surface area contributed by atoms with Gasteiger partial charge in [-0.3, -0.25) is 9.59 Å². The lowest BCUT2D eigenvalue weighted by molar-refractivity contribution is -0.121. The molecule has 7 heteroatoms. The Bertz CT molecular complexity index is 1120. The fourth-order valence-corrected chi connectivity index (χ4v) is 3.48. The molecule has 6 nitrogen and oxygen atoms in total. The Morgan fingerprint density at radius 2 is 2.00 bits per heavy atom. The SMILES string of the molecule is Cc1ccc2c(c1)N(CCC(=O)NCc1ccccc1Cl)C(=O)c1cccnc1O2. The van der Waals surface area contributed by atoms with Gasteiger partial charge in [0.2, 0.25) is 11.8 Å². The number of nitrogens with one attached hydrogen (secondary N) is 1. The molecule has 30 heavy (non-hydrogen) atoms. The molecule has 0 aliphatic carbocycles. The van der Waals surface area contributed by atoms with Crippen molar-refractivity contribution in [1.82, 2.24) is 10.3 Å². The zero-order valence-corrected chi connectivity index (χ0v) is 17.1. The summed E-state index contributed by atoms with van der Waals surface area (Å²) in [6.45, 7) is 2.48. The van der Waals surface area contributed by atoms with Crippen molar-refractivity contribution in [2.75, 3.05) is 11.4 Å². The molecule has 0 radical (unpaired) electrons. The Kier molecular flexibility index (Phi) is 5.68. The van der Waals surface area contributed by atoms with Crippen LogP contribution in [0.5, 0.6) is 11.6 Å². The fourth-order valence-electron chi connectivity index (χ4n) is 3.28. The quantitative estimate of drug-likeness (QED) is 0.658. The number of carbonyl (C=O) groups is 2. The van der Waals surface area contributed by atoms with Gasteiger partial charge in [-0.15, -0.1) is 0 Å². The van der Waals surface area contributed by atoms with Gasteiger partial charge in [0.1, 0.15) is 5.56 Å². The number of ether oxygens (including phenoxy) is 1. The molecule has 0 unspecified atom stereocenters. The zero-order chi connectivity index (χ0) is 21.1. The van der Waals surface area contributed by atoms with Crippen molar-refractivity contribution in [2.24, 2.45) is 0 Å². The van der Waals surface area contributed by atoms with Gasteiger partial charge in [-0.05, 0) is 48.4 Å². The summed E-state index contributed by atoms with van der Waals surface area (Å²) in [5.74, 6) is 0.371. The highest BCUT2D eigenvalue weighted by Gasteiger charge is 2.29. The molecule has 1 aliphatic heterocycles. The number of rotatable bonds is 5. The van der Waals surface area contributed by atoms with Crippen LogP contribution in [0.25, 0.3) is 0 Å². The summed E-state index contributed by atoms with van der Waals surface area (Å²) in [6.07, 6.45) is 1.72. The molecule has 2 aromatic carbocycles. The van der Waals surface area contributed by atoms with E-state index >= 15 is 0 Å². The molecule has 1 aliphatic rings. The molecule has 1 aromatic heterocycles. The van der Waals surface area contributed by atoms with Gasteiger partial charge in [0.15, 0.2) is 5.75 Å². The normalized spacial score (nSPS) is 12.5. The van der Waals surface area contributed by atoms with Crippen LogP contribution in [0.4, 0.5) is 5.69 Å². The van der Waals surface area contributed by atoms with E-state index in [0.717, 1.165) is 11.1 Å². The molecular weight excluding hydrogens is 402 g/mol. The minimum absolute atomic E-state index is 0.138. The predicted molar refractivity (Wildman–Crippen MR) is 115 cm³/mol. The maximum atomic E-state index is 13.2. The van der Waals surface area contributed by atoms with Crippen molar-refractivity contribution in [2.45, 2.75) is 19.9 Å². The summed E-state index contributed by atoms with van der Waals surface area (Å²) in [6, 6.07) is 16.3. The molecule has 3 aromatic rings. The molecule has 2 heterocycles. The number of halogens is 1. The van der Waals surface area contributed by atoms with E-state index in [-0.39, 0.29) is 30.7 Å². The summed E-state index contributed by atoms with van der Waals surface area (Å²) < 4.78 is 5.89. The van der Waals surface area contributed by atoms with E-state index in [1.54, 1.807) is 29.3 Å². The lowest BCUT2D eigenvalue weighted by Gasteiger charge is -2.22. The van der Waals surface area contributed by atoms with E-state index in [0.29, 0.717) is 28.6 Å². The minimum atomic E-state index is -0.249. The van der Waals surface area contributed by atoms with Crippen LogP contribution in [0.1, 0.15) is 27.9 Å². The number of hydrogen-bond acceptors (Lipinski definition) is 4. The second kappa shape index (κ2) is 8.55. The van der Waals surface area contributed by atoms with Crippen molar-refractivity contribution in [1.29, 1.82) is 0 Å². The van der Waals surface area contributed by atoms with Gasteiger partial charge in [0.25, 0.3) is 5.91 Å². The van der Waals surface area contributed by atoms with E-state index in [9.17, 15) is 9.59 Å². The molecule has 0 atom stereocenters. The number of fused-ring (bicyclic) bond motifs is 2. The Hall–Kier alpha value is -3.38. The van der Waals surface area contributed by atoms with Gasteiger partial charge in [-0.1, -0.05) is 35.9 Å². The smallest absolute Gasteiger partial charge is 0.263 e. The number of aryl methyl sites for hydroxylation is 1. The van der Waals surface area contributed by atoms with Crippen LogP contribution in [0.2, 0.25) is 5.02 Å². The number of anilines is 1. The number of hydrogen-bond donors (Lipinski definition) is 1. The van der Waals surface area contributed by atoms with Crippen LogP contribution in [0.15, 0.2) is 60.8 Å². The first-order chi connectivity index (χ1) is 14.5. The maximum absolute atomic E-state index is 13.2. The zero-order valence-electron chi connectivity index (χ0n) is 16.4. The summed E-state index contributed by atoms with van der Waals surface area (Å²) >= 11 is 6.14. The third-order valence-corrected chi connectivity index (χ3v) is 5.22. The van der Waals surface area contributed by atoms with Gasteiger partial charge < -0.3 is 15.0 Å². The second-order valence-electron chi connectivity index (χ2n) is 7.00. The van der Waals surface area contributed by atoms with Gasteiger partial charge in [-0.25, -0.2) is 4.98 Å². The standard InChI is InChI=1S/C23H20ClN3O3/c1-15-8-9-20-19(13-15)27(23(29)17-6-4-11-25-22(17)30-20)12-10-21(28)26-14-16-5-2-3-7-18(16)24/h2-9,11,13H,10,12,14H2,1H3,(H,26,28). The molecule has 0 bridgehead atoms.